The van der Waals surface area contributed by atoms with Crippen molar-refractivity contribution in [2.45, 2.75) is 6.04 Å². The minimum atomic E-state index is 0.297. The van der Waals surface area contributed by atoms with Gasteiger partial charge in [0.15, 0.2) is 5.17 Å². The quantitative estimate of drug-likeness (QED) is 0.784. The van der Waals surface area contributed by atoms with Gasteiger partial charge in [-0.1, -0.05) is 39.8 Å². The number of amidine groups is 1. The Morgan fingerprint density at radius 3 is 2.87 bits per heavy atom. The molecule has 3 rings (SSSR count). The molecule has 0 spiro atoms. The largest absolute Gasteiger partial charge is 0.325 e. The van der Waals surface area contributed by atoms with Gasteiger partial charge in [0.25, 0.3) is 0 Å². The summed E-state index contributed by atoms with van der Waals surface area (Å²) in [6.45, 7) is 0.973. The van der Waals surface area contributed by atoms with Crippen LogP contribution in [0.2, 0.25) is 0 Å². The van der Waals surface area contributed by atoms with Crippen LogP contribution >= 0.6 is 27.7 Å². The van der Waals surface area contributed by atoms with E-state index in [-0.39, 0.29) is 0 Å². The summed E-state index contributed by atoms with van der Waals surface area (Å²) in [7, 11) is 0. The molecule has 1 aromatic rings. The second-order valence-electron chi connectivity index (χ2n) is 3.53. The molecule has 2 nitrogen and oxygen atoms in total. The molecule has 15 heavy (non-hydrogen) atoms. The molecule has 76 valence electrons. The van der Waals surface area contributed by atoms with E-state index < -0.39 is 0 Å². The van der Waals surface area contributed by atoms with E-state index in [0.717, 1.165) is 16.2 Å². The predicted octanol–water partition coefficient (Wildman–Crippen LogP) is 3.38. The highest BCUT2D eigenvalue weighted by Crippen LogP contribution is 2.33. The molecule has 1 atom stereocenters. The monoisotopic (exact) mass is 280 g/mol. The Morgan fingerprint density at radius 2 is 2.13 bits per heavy atom. The second kappa shape index (κ2) is 3.68. The van der Waals surface area contributed by atoms with Crippen LogP contribution in [0.4, 0.5) is 0 Å². The zero-order valence-corrected chi connectivity index (χ0v) is 10.3. The zero-order chi connectivity index (χ0) is 10.3. The average Bonchev–Trinajstić information content (AvgIpc) is 2.78. The smallest absolute Gasteiger partial charge is 0.168 e. The Kier molecular flexibility index (Phi) is 2.33. The van der Waals surface area contributed by atoms with Gasteiger partial charge in [-0.25, -0.2) is 0 Å². The van der Waals surface area contributed by atoms with Crippen molar-refractivity contribution in [1.82, 2.24) is 4.90 Å². The van der Waals surface area contributed by atoms with Crippen LogP contribution in [0.5, 0.6) is 0 Å². The van der Waals surface area contributed by atoms with Gasteiger partial charge >= 0.3 is 0 Å². The van der Waals surface area contributed by atoms with Crippen LogP contribution in [0.1, 0.15) is 11.6 Å². The molecule has 1 unspecified atom stereocenters. The summed E-state index contributed by atoms with van der Waals surface area (Å²) in [6, 6.07) is 8.71. The summed E-state index contributed by atoms with van der Waals surface area (Å²) in [5, 5.41) is 3.21. The van der Waals surface area contributed by atoms with E-state index in [0.29, 0.717) is 6.04 Å². The number of nitrogens with zero attached hydrogens (tertiary/aromatic N) is 2. The Bertz CT molecular complexity index is 438. The fourth-order valence-electron chi connectivity index (χ4n) is 1.77. The molecule has 2 aliphatic heterocycles. The van der Waals surface area contributed by atoms with Gasteiger partial charge in [-0.3, -0.25) is 4.99 Å². The third-order valence-electron chi connectivity index (χ3n) is 2.55. The topological polar surface area (TPSA) is 15.6 Å². The van der Waals surface area contributed by atoms with E-state index in [1.54, 1.807) is 11.8 Å². The summed E-state index contributed by atoms with van der Waals surface area (Å²) in [5.74, 6) is 0. The summed E-state index contributed by atoms with van der Waals surface area (Å²) >= 11 is 5.14. The fraction of sp³-hybridized carbons (Fsp3) is 0.182. The first-order chi connectivity index (χ1) is 7.33. The van der Waals surface area contributed by atoms with Crippen LogP contribution in [-0.4, -0.2) is 16.6 Å². The molecule has 2 heterocycles. The molecular weight excluding hydrogens is 272 g/mol. The van der Waals surface area contributed by atoms with Gasteiger partial charge in [-0.05, 0) is 23.1 Å². The lowest BCUT2D eigenvalue weighted by molar-refractivity contribution is 0.558. The first kappa shape index (κ1) is 9.48. The summed E-state index contributed by atoms with van der Waals surface area (Å²) < 4.78 is 1.12. The molecule has 0 amide bonds. The highest BCUT2D eigenvalue weighted by molar-refractivity contribution is 9.10. The van der Waals surface area contributed by atoms with Gasteiger partial charge in [0.1, 0.15) is 0 Å². The molecule has 4 heteroatoms. The van der Waals surface area contributed by atoms with Crippen molar-refractivity contribution in [3.63, 3.8) is 0 Å². The number of halogens is 1. The lowest BCUT2D eigenvalue weighted by atomic mass is 10.1. The van der Waals surface area contributed by atoms with Gasteiger partial charge in [0, 0.05) is 10.7 Å². The van der Waals surface area contributed by atoms with E-state index in [9.17, 15) is 0 Å². The van der Waals surface area contributed by atoms with Crippen LogP contribution in [0.3, 0.4) is 0 Å². The van der Waals surface area contributed by atoms with Crippen LogP contribution in [-0.2, 0) is 0 Å². The molecule has 0 aromatic heterocycles. The van der Waals surface area contributed by atoms with Crippen LogP contribution in [0.25, 0.3) is 0 Å². The van der Waals surface area contributed by atoms with Gasteiger partial charge in [-0.15, -0.1) is 0 Å². The molecule has 0 radical (unpaired) electrons. The molecule has 0 N–H and O–H groups in total. The number of hydrogen-bond donors (Lipinski definition) is 0. The van der Waals surface area contributed by atoms with Crippen molar-refractivity contribution in [2.24, 2.45) is 4.99 Å². The summed E-state index contributed by atoms with van der Waals surface area (Å²) in [4.78, 5) is 6.88. The SMILES string of the molecule is Brc1ccc(C2CN3C=CSC3=N2)cc1. The Balaban J connectivity index is 1.86. The number of fused-ring (bicyclic) bond motifs is 1. The van der Waals surface area contributed by atoms with E-state index in [1.807, 2.05) is 0 Å². The highest BCUT2D eigenvalue weighted by Gasteiger charge is 2.27. The Hall–Kier alpha value is -0.740. The lowest BCUT2D eigenvalue weighted by Gasteiger charge is -2.10. The normalized spacial score (nSPS) is 23.1. The van der Waals surface area contributed by atoms with Crippen molar-refractivity contribution in [1.29, 1.82) is 0 Å². The third kappa shape index (κ3) is 1.72. The van der Waals surface area contributed by atoms with Crippen LogP contribution in [0, 0.1) is 0 Å². The molecule has 0 bridgehead atoms. The molecular formula is C11H9BrN2S. The van der Waals surface area contributed by atoms with E-state index >= 15 is 0 Å². The van der Waals surface area contributed by atoms with Gasteiger partial charge < -0.3 is 4.90 Å². The van der Waals surface area contributed by atoms with Crippen molar-refractivity contribution < 1.29 is 0 Å². The standard InChI is InChI=1S/C11H9BrN2S/c12-9-3-1-8(2-4-9)10-7-14-5-6-15-11(14)13-10/h1-6,10H,7H2. The summed E-state index contributed by atoms with van der Waals surface area (Å²) in [6.07, 6.45) is 2.10. The zero-order valence-electron chi connectivity index (χ0n) is 7.93. The first-order valence-electron chi connectivity index (χ1n) is 4.76. The van der Waals surface area contributed by atoms with Crippen LogP contribution < -0.4 is 0 Å². The van der Waals surface area contributed by atoms with Crippen LogP contribution in [0.15, 0.2) is 45.3 Å². The lowest BCUT2D eigenvalue weighted by Crippen LogP contribution is -2.15. The van der Waals surface area contributed by atoms with E-state index in [2.05, 4.69) is 61.7 Å². The second-order valence-corrected chi connectivity index (χ2v) is 5.32. The van der Waals surface area contributed by atoms with E-state index in [1.165, 1.54) is 5.56 Å². The summed E-state index contributed by atoms with van der Waals surface area (Å²) in [5.41, 5.74) is 1.29. The maximum atomic E-state index is 4.68. The molecule has 0 saturated heterocycles. The highest BCUT2D eigenvalue weighted by atomic mass is 79.9. The number of aliphatic imine (C=N–C) groups is 1. The molecule has 2 aliphatic rings. The maximum absolute atomic E-state index is 4.68. The maximum Gasteiger partial charge on any atom is 0.168 e. The predicted molar refractivity (Wildman–Crippen MR) is 67.8 cm³/mol. The molecule has 0 fully saturated rings. The van der Waals surface area contributed by atoms with Gasteiger partial charge in [0.05, 0.1) is 12.6 Å². The number of hydrogen-bond acceptors (Lipinski definition) is 3. The van der Waals surface area contributed by atoms with Gasteiger partial charge in [0.2, 0.25) is 0 Å². The van der Waals surface area contributed by atoms with Crippen molar-refractivity contribution in [3.05, 3.63) is 45.9 Å². The first-order valence-corrected chi connectivity index (χ1v) is 6.43. The molecule has 1 aromatic carbocycles. The van der Waals surface area contributed by atoms with E-state index in [4.69, 9.17) is 0 Å². The Morgan fingerprint density at radius 1 is 1.33 bits per heavy atom. The minimum Gasteiger partial charge on any atom is -0.325 e. The molecule has 0 aliphatic carbocycles. The third-order valence-corrected chi connectivity index (χ3v) is 3.89. The number of benzene rings is 1. The van der Waals surface area contributed by atoms with Crippen molar-refractivity contribution in [3.8, 4) is 0 Å². The number of rotatable bonds is 1. The Labute approximate surface area is 101 Å². The number of thioether (sulfide) groups is 1. The van der Waals surface area contributed by atoms with Crippen molar-refractivity contribution in [2.75, 3.05) is 6.54 Å². The van der Waals surface area contributed by atoms with Crippen molar-refractivity contribution >= 4 is 32.9 Å². The van der Waals surface area contributed by atoms with Gasteiger partial charge in [-0.2, -0.15) is 0 Å². The fourth-order valence-corrected chi connectivity index (χ4v) is 2.82. The average molecular weight is 281 g/mol. The molecule has 0 saturated carbocycles. The minimum absolute atomic E-state index is 0.297.